The molecule has 3 heteroatoms. The number of fused-ring (bicyclic) bond motifs is 3. The van der Waals surface area contributed by atoms with Gasteiger partial charge in [-0.3, -0.25) is 0 Å². The predicted molar refractivity (Wildman–Crippen MR) is 92.0 cm³/mol. The van der Waals surface area contributed by atoms with Crippen molar-refractivity contribution in [1.82, 2.24) is 4.57 Å². The smallest absolute Gasteiger partial charge is 0.144 e. The fraction of sp³-hybridized carbons (Fsp3) is 0.0500. The van der Waals surface area contributed by atoms with Gasteiger partial charge in [-0.15, -0.1) is 0 Å². The molecule has 0 saturated heterocycles. The first-order chi connectivity index (χ1) is 11.3. The first-order valence-electron chi connectivity index (χ1n) is 7.40. The van der Waals surface area contributed by atoms with Crippen LogP contribution in [0.2, 0.25) is 0 Å². The maximum atomic E-state index is 9.11. The molecule has 4 aromatic rings. The zero-order valence-corrected chi connectivity index (χ0v) is 12.7. The molecular weight excluding hydrogens is 284 g/mol. The molecule has 0 radical (unpaired) electrons. The summed E-state index contributed by atoms with van der Waals surface area (Å²) in [7, 11) is 1.63. The molecule has 1 heterocycles. The highest BCUT2D eigenvalue weighted by molar-refractivity contribution is 6.09. The lowest BCUT2D eigenvalue weighted by molar-refractivity contribution is 0.413. The van der Waals surface area contributed by atoms with E-state index in [4.69, 9.17) is 10.00 Å². The SMILES string of the molecule is COc1cc(C#N)ccc1-n1c2ccccc2c2ccccc21. The minimum absolute atomic E-state index is 0.589. The van der Waals surface area contributed by atoms with Gasteiger partial charge >= 0.3 is 0 Å². The summed E-state index contributed by atoms with van der Waals surface area (Å²) >= 11 is 0. The van der Waals surface area contributed by atoms with Gasteiger partial charge in [0.05, 0.1) is 35.5 Å². The lowest BCUT2D eigenvalue weighted by atomic mass is 10.2. The van der Waals surface area contributed by atoms with Crippen LogP contribution >= 0.6 is 0 Å². The van der Waals surface area contributed by atoms with Crippen molar-refractivity contribution in [2.45, 2.75) is 0 Å². The molecule has 3 aromatic carbocycles. The molecule has 110 valence electrons. The summed E-state index contributed by atoms with van der Waals surface area (Å²) in [4.78, 5) is 0. The van der Waals surface area contributed by atoms with Crippen LogP contribution in [0.15, 0.2) is 66.7 Å². The molecule has 0 atom stereocenters. The number of hydrogen-bond acceptors (Lipinski definition) is 2. The van der Waals surface area contributed by atoms with Gasteiger partial charge in [-0.25, -0.2) is 0 Å². The molecule has 0 fully saturated rings. The molecule has 0 aliphatic carbocycles. The van der Waals surface area contributed by atoms with Gasteiger partial charge in [-0.2, -0.15) is 5.26 Å². The molecule has 4 rings (SSSR count). The quantitative estimate of drug-likeness (QED) is 0.539. The first-order valence-corrected chi connectivity index (χ1v) is 7.40. The standard InChI is InChI=1S/C20H14N2O/c1-23-20-12-14(13-21)10-11-19(20)22-17-8-4-2-6-15(17)16-7-3-5-9-18(16)22/h2-12H,1H3. The molecule has 0 unspecified atom stereocenters. The lowest BCUT2D eigenvalue weighted by Crippen LogP contribution is -1.98. The fourth-order valence-electron chi connectivity index (χ4n) is 3.11. The number of nitriles is 1. The Morgan fingerprint density at radius 2 is 1.48 bits per heavy atom. The highest BCUT2D eigenvalue weighted by Gasteiger charge is 2.14. The van der Waals surface area contributed by atoms with Crippen molar-refractivity contribution in [3.8, 4) is 17.5 Å². The van der Waals surface area contributed by atoms with Crippen molar-refractivity contribution in [3.05, 3.63) is 72.3 Å². The van der Waals surface area contributed by atoms with Crippen LogP contribution in [0.5, 0.6) is 5.75 Å². The molecule has 3 nitrogen and oxygen atoms in total. The third-order valence-corrected chi connectivity index (χ3v) is 4.13. The molecule has 0 aliphatic heterocycles. The van der Waals surface area contributed by atoms with Crippen LogP contribution in [-0.4, -0.2) is 11.7 Å². The van der Waals surface area contributed by atoms with Crippen LogP contribution in [0.4, 0.5) is 0 Å². The van der Waals surface area contributed by atoms with Crippen LogP contribution in [-0.2, 0) is 0 Å². The van der Waals surface area contributed by atoms with Gasteiger partial charge in [0.2, 0.25) is 0 Å². The number of hydrogen-bond donors (Lipinski definition) is 0. The second kappa shape index (κ2) is 5.19. The van der Waals surface area contributed by atoms with Crippen molar-refractivity contribution < 1.29 is 4.74 Å². The molecule has 0 bridgehead atoms. The number of para-hydroxylation sites is 2. The summed E-state index contributed by atoms with van der Waals surface area (Å²) in [5.41, 5.74) is 3.77. The van der Waals surface area contributed by atoms with Gasteiger partial charge in [0.25, 0.3) is 0 Å². The number of methoxy groups -OCH3 is 1. The van der Waals surface area contributed by atoms with Gasteiger partial charge in [-0.05, 0) is 24.3 Å². The Kier molecular flexibility index (Phi) is 3.03. The molecule has 0 amide bonds. The molecule has 0 spiro atoms. The molecule has 0 N–H and O–H groups in total. The van der Waals surface area contributed by atoms with E-state index in [1.807, 2.05) is 24.3 Å². The van der Waals surface area contributed by atoms with E-state index in [9.17, 15) is 0 Å². The average molecular weight is 298 g/mol. The van der Waals surface area contributed by atoms with E-state index in [2.05, 4.69) is 47.0 Å². The number of aromatic nitrogens is 1. The van der Waals surface area contributed by atoms with Crippen LogP contribution in [0.1, 0.15) is 5.56 Å². The number of benzene rings is 3. The monoisotopic (exact) mass is 298 g/mol. The second-order valence-electron chi connectivity index (χ2n) is 5.37. The number of ether oxygens (including phenoxy) is 1. The normalized spacial score (nSPS) is 10.8. The third-order valence-electron chi connectivity index (χ3n) is 4.13. The summed E-state index contributed by atoms with van der Waals surface area (Å²) in [6, 6.07) is 24.3. The van der Waals surface area contributed by atoms with E-state index in [1.54, 1.807) is 13.2 Å². The lowest BCUT2D eigenvalue weighted by Gasteiger charge is -2.12. The van der Waals surface area contributed by atoms with Gasteiger partial charge in [-0.1, -0.05) is 36.4 Å². The highest BCUT2D eigenvalue weighted by Crippen LogP contribution is 2.35. The van der Waals surface area contributed by atoms with Crippen LogP contribution in [0.25, 0.3) is 27.5 Å². The van der Waals surface area contributed by atoms with E-state index in [-0.39, 0.29) is 0 Å². The average Bonchev–Trinajstić information content (AvgIpc) is 2.95. The van der Waals surface area contributed by atoms with E-state index >= 15 is 0 Å². The van der Waals surface area contributed by atoms with Crippen molar-refractivity contribution in [3.63, 3.8) is 0 Å². The highest BCUT2D eigenvalue weighted by atomic mass is 16.5. The third kappa shape index (κ3) is 1.96. The van der Waals surface area contributed by atoms with Crippen LogP contribution in [0, 0.1) is 11.3 Å². The number of nitrogens with zero attached hydrogens (tertiary/aromatic N) is 2. The van der Waals surface area contributed by atoms with Gasteiger partial charge in [0, 0.05) is 16.8 Å². The summed E-state index contributed by atoms with van der Waals surface area (Å²) in [6.45, 7) is 0. The number of rotatable bonds is 2. The maximum Gasteiger partial charge on any atom is 0.144 e. The second-order valence-corrected chi connectivity index (χ2v) is 5.37. The van der Waals surface area contributed by atoms with Crippen molar-refractivity contribution >= 4 is 21.8 Å². The molecule has 23 heavy (non-hydrogen) atoms. The first kappa shape index (κ1) is 13.4. The Bertz CT molecular complexity index is 1020. The molecule has 0 aliphatic rings. The van der Waals surface area contributed by atoms with Crippen LogP contribution < -0.4 is 4.74 Å². The minimum atomic E-state index is 0.589. The Morgan fingerprint density at radius 1 is 0.870 bits per heavy atom. The zero-order chi connectivity index (χ0) is 15.8. The Morgan fingerprint density at radius 3 is 2.04 bits per heavy atom. The summed E-state index contributed by atoms with van der Waals surface area (Å²) < 4.78 is 7.72. The minimum Gasteiger partial charge on any atom is -0.495 e. The van der Waals surface area contributed by atoms with Gasteiger partial charge in [0.1, 0.15) is 5.75 Å². The maximum absolute atomic E-state index is 9.11. The Balaban J connectivity index is 2.15. The summed E-state index contributed by atoms with van der Waals surface area (Å²) in [5.74, 6) is 0.690. The van der Waals surface area contributed by atoms with Crippen LogP contribution in [0.3, 0.4) is 0 Å². The van der Waals surface area contributed by atoms with Gasteiger partial charge in [0.15, 0.2) is 0 Å². The van der Waals surface area contributed by atoms with E-state index < -0.39 is 0 Å². The predicted octanol–water partition coefficient (Wildman–Crippen LogP) is 4.66. The van der Waals surface area contributed by atoms with E-state index in [0.29, 0.717) is 11.3 Å². The largest absolute Gasteiger partial charge is 0.495 e. The van der Waals surface area contributed by atoms with Crippen molar-refractivity contribution in [2.75, 3.05) is 7.11 Å². The van der Waals surface area contributed by atoms with Crippen molar-refractivity contribution in [1.29, 1.82) is 5.26 Å². The Labute approximate surface area is 134 Å². The molecular formula is C20H14N2O. The summed E-state index contributed by atoms with van der Waals surface area (Å²) in [5, 5.41) is 11.5. The Hall–Kier alpha value is -3.25. The topological polar surface area (TPSA) is 37.9 Å². The van der Waals surface area contributed by atoms with Gasteiger partial charge < -0.3 is 9.30 Å². The zero-order valence-electron chi connectivity index (χ0n) is 12.7. The molecule has 0 saturated carbocycles. The summed E-state index contributed by atoms with van der Waals surface area (Å²) in [6.07, 6.45) is 0. The fourth-order valence-corrected chi connectivity index (χ4v) is 3.11. The molecule has 1 aromatic heterocycles. The van der Waals surface area contributed by atoms with Crippen molar-refractivity contribution in [2.24, 2.45) is 0 Å². The van der Waals surface area contributed by atoms with E-state index in [0.717, 1.165) is 16.7 Å². The van der Waals surface area contributed by atoms with E-state index in [1.165, 1.54) is 10.8 Å².